The standard InChI is InChI=1S/C27H26N2O4/c1-15-6-3-4-9-22(15)28(25(30)16-7-5-8-17(12-16)33-2)14-29-26(31)23-18-10-11-19(21-13-20(18)21)24(23)27(29)32/h3-12,18-21,23-24H,13-14H2,1-2H3/t18-,19-,20-,21+,23-,24+/m1/s1. The van der Waals surface area contributed by atoms with Crippen LogP contribution in [0, 0.1) is 42.4 Å². The van der Waals surface area contributed by atoms with Gasteiger partial charge in [-0.3, -0.25) is 24.2 Å². The topological polar surface area (TPSA) is 66.9 Å². The zero-order valence-corrected chi connectivity index (χ0v) is 18.7. The number of nitrogens with zero attached hydrogens (tertiary/aromatic N) is 2. The molecule has 3 fully saturated rings. The van der Waals surface area contributed by atoms with Gasteiger partial charge in [-0.2, -0.15) is 0 Å². The maximum absolute atomic E-state index is 13.7. The molecular weight excluding hydrogens is 416 g/mol. The molecule has 0 spiro atoms. The molecule has 4 aliphatic carbocycles. The fourth-order valence-electron chi connectivity index (χ4n) is 6.33. The molecule has 1 saturated heterocycles. The first kappa shape index (κ1) is 20.2. The van der Waals surface area contributed by atoms with Crippen molar-refractivity contribution in [2.45, 2.75) is 13.3 Å². The van der Waals surface area contributed by atoms with Crippen LogP contribution in [0.25, 0.3) is 0 Å². The number of ether oxygens (including phenoxy) is 1. The number of carbonyl (C=O) groups is 3. The van der Waals surface area contributed by atoms with E-state index in [2.05, 4.69) is 12.2 Å². The Bertz CT molecular complexity index is 1170. The van der Waals surface area contributed by atoms with Gasteiger partial charge in [-0.15, -0.1) is 0 Å². The van der Waals surface area contributed by atoms with Gasteiger partial charge in [0.2, 0.25) is 11.8 Å². The van der Waals surface area contributed by atoms with Gasteiger partial charge < -0.3 is 4.74 Å². The Morgan fingerprint density at radius 3 is 2.30 bits per heavy atom. The predicted molar refractivity (Wildman–Crippen MR) is 122 cm³/mol. The monoisotopic (exact) mass is 442 g/mol. The molecule has 2 saturated carbocycles. The number of rotatable bonds is 5. The summed E-state index contributed by atoms with van der Waals surface area (Å²) in [5, 5.41) is 0. The van der Waals surface area contributed by atoms with E-state index in [1.807, 2.05) is 31.2 Å². The first-order valence-electron chi connectivity index (χ1n) is 11.5. The lowest BCUT2D eigenvalue weighted by molar-refractivity contribution is -0.140. The highest BCUT2D eigenvalue weighted by atomic mass is 16.5. The van der Waals surface area contributed by atoms with Gasteiger partial charge in [0.1, 0.15) is 12.4 Å². The van der Waals surface area contributed by atoms with Gasteiger partial charge in [0.05, 0.1) is 18.9 Å². The van der Waals surface area contributed by atoms with Crippen LogP contribution >= 0.6 is 0 Å². The lowest BCUT2D eigenvalue weighted by atomic mass is 9.63. The zero-order valence-electron chi connectivity index (χ0n) is 18.7. The highest BCUT2D eigenvalue weighted by Crippen LogP contribution is 2.65. The van der Waals surface area contributed by atoms with Crippen LogP contribution in [0.5, 0.6) is 5.75 Å². The number of methoxy groups -OCH3 is 1. The van der Waals surface area contributed by atoms with Crippen LogP contribution < -0.4 is 9.64 Å². The summed E-state index contributed by atoms with van der Waals surface area (Å²) in [6, 6.07) is 14.5. The minimum absolute atomic E-state index is 0.0830. The van der Waals surface area contributed by atoms with Crippen LogP contribution in [-0.4, -0.2) is 36.4 Å². The number of benzene rings is 2. The second kappa shape index (κ2) is 7.30. The van der Waals surface area contributed by atoms with Crippen molar-refractivity contribution in [1.29, 1.82) is 0 Å². The zero-order chi connectivity index (χ0) is 22.9. The Labute approximate surface area is 192 Å². The van der Waals surface area contributed by atoms with Crippen LogP contribution in [0.15, 0.2) is 60.7 Å². The number of aryl methyl sites for hydroxylation is 1. The van der Waals surface area contributed by atoms with Crippen molar-refractivity contribution in [3.05, 3.63) is 71.8 Å². The molecule has 1 heterocycles. The van der Waals surface area contributed by atoms with Crippen LogP contribution in [0.3, 0.4) is 0 Å². The number of likely N-dealkylation sites (tertiary alicyclic amines) is 1. The first-order chi connectivity index (χ1) is 16.0. The Morgan fingerprint density at radius 1 is 1.00 bits per heavy atom. The van der Waals surface area contributed by atoms with E-state index in [1.165, 1.54) is 4.90 Å². The molecule has 0 radical (unpaired) electrons. The van der Waals surface area contributed by atoms with E-state index in [0.29, 0.717) is 28.8 Å². The molecule has 1 aliphatic heterocycles. The Balaban J connectivity index is 1.35. The molecule has 5 aliphatic rings. The average Bonchev–Trinajstić information content (AvgIpc) is 3.63. The van der Waals surface area contributed by atoms with Crippen molar-refractivity contribution in [3.8, 4) is 5.75 Å². The molecule has 7 rings (SSSR count). The van der Waals surface area contributed by atoms with Crippen molar-refractivity contribution in [3.63, 3.8) is 0 Å². The van der Waals surface area contributed by atoms with Crippen molar-refractivity contribution >= 4 is 23.4 Å². The fourth-order valence-corrected chi connectivity index (χ4v) is 6.33. The van der Waals surface area contributed by atoms with Gasteiger partial charge in [-0.25, -0.2) is 0 Å². The SMILES string of the molecule is COc1cccc(C(=O)N(CN2C(=O)[C@@H]3[C@@H]4C=C[C@H]([C@@H]5C[C@H]45)[C@@H]3C2=O)c2ccccc2C)c1. The lowest BCUT2D eigenvalue weighted by Crippen LogP contribution is -2.45. The summed E-state index contributed by atoms with van der Waals surface area (Å²) in [5.74, 6) is 0.893. The van der Waals surface area contributed by atoms with Gasteiger partial charge in [-0.1, -0.05) is 36.4 Å². The van der Waals surface area contributed by atoms with Crippen LogP contribution in [-0.2, 0) is 9.59 Å². The summed E-state index contributed by atoms with van der Waals surface area (Å²) >= 11 is 0. The van der Waals surface area contributed by atoms with E-state index in [9.17, 15) is 14.4 Å². The second-order valence-corrected chi connectivity index (χ2v) is 9.65. The summed E-state index contributed by atoms with van der Waals surface area (Å²) in [6.07, 6.45) is 5.45. The number of hydrogen-bond donors (Lipinski definition) is 0. The van der Waals surface area contributed by atoms with E-state index in [0.717, 1.165) is 12.0 Å². The van der Waals surface area contributed by atoms with Crippen molar-refractivity contribution in [1.82, 2.24) is 4.90 Å². The molecule has 2 aromatic carbocycles. The molecule has 6 heteroatoms. The van der Waals surface area contributed by atoms with Crippen molar-refractivity contribution in [2.24, 2.45) is 35.5 Å². The van der Waals surface area contributed by atoms with Gasteiger partial charge in [0, 0.05) is 11.3 Å². The third kappa shape index (κ3) is 2.96. The number of carbonyl (C=O) groups excluding carboxylic acids is 3. The van der Waals surface area contributed by atoms with Crippen LogP contribution in [0.2, 0.25) is 0 Å². The van der Waals surface area contributed by atoms with E-state index in [-0.39, 0.29) is 48.1 Å². The molecule has 3 amide bonds. The highest BCUT2D eigenvalue weighted by Gasteiger charge is 2.67. The Morgan fingerprint density at radius 2 is 1.67 bits per heavy atom. The van der Waals surface area contributed by atoms with Gasteiger partial charge >= 0.3 is 0 Å². The Kier molecular flexibility index (Phi) is 4.47. The maximum atomic E-state index is 13.7. The predicted octanol–water partition coefficient (Wildman–Crippen LogP) is 3.66. The quantitative estimate of drug-likeness (QED) is 0.524. The number of amides is 3. The molecule has 6 nitrogen and oxygen atoms in total. The number of para-hydroxylation sites is 1. The smallest absolute Gasteiger partial charge is 0.259 e. The molecular formula is C27H26N2O4. The number of imide groups is 1. The molecule has 33 heavy (non-hydrogen) atoms. The lowest BCUT2D eigenvalue weighted by Gasteiger charge is -2.37. The van der Waals surface area contributed by atoms with Crippen molar-refractivity contribution in [2.75, 3.05) is 18.7 Å². The molecule has 2 bridgehead atoms. The minimum Gasteiger partial charge on any atom is -0.497 e. The number of hydrogen-bond acceptors (Lipinski definition) is 4. The minimum atomic E-state index is -0.276. The van der Waals surface area contributed by atoms with E-state index < -0.39 is 0 Å². The normalized spacial score (nSPS) is 30.8. The summed E-state index contributed by atoms with van der Waals surface area (Å²) in [6.45, 7) is 1.84. The second-order valence-electron chi connectivity index (χ2n) is 9.65. The number of anilines is 1. The Hall–Kier alpha value is -3.41. The van der Waals surface area contributed by atoms with E-state index in [4.69, 9.17) is 4.74 Å². The molecule has 0 aromatic heterocycles. The summed E-state index contributed by atoms with van der Waals surface area (Å²) in [5.41, 5.74) is 2.02. The molecule has 0 unspecified atom stereocenters. The molecule has 0 N–H and O–H groups in total. The number of allylic oxidation sites excluding steroid dienone is 2. The van der Waals surface area contributed by atoms with Crippen LogP contribution in [0.4, 0.5) is 5.69 Å². The summed E-state index contributed by atoms with van der Waals surface area (Å²) in [4.78, 5) is 43.6. The summed E-state index contributed by atoms with van der Waals surface area (Å²) in [7, 11) is 1.55. The molecule has 2 aromatic rings. The fraction of sp³-hybridized carbons (Fsp3) is 0.370. The highest BCUT2D eigenvalue weighted by molar-refractivity contribution is 6.10. The third-order valence-corrected chi connectivity index (χ3v) is 8.01. The van der Waals surface area contributed by atoms with Gasteiger partial charge in [-0.05, 0) is 66.8 Å². The average molecular weight is 443 g/mol. The van der Waals surface area contributed by atoms with Crippen molar-refractivity contribution < 1.29 is 19.1 Å². The first-order valence-corrected chi connectivity index (χ1v) is 11.5. The van der Waals surface area contributed by atoms with E-state index in [1.54, 1.807) is 36.3 Å². The third-order valence-electron chi connectivity index (χ3n) is 8.01. The van der Waals surface area contributed by atoms with Gasteiger partial charge in [0.15, 0.2) is 0 Å². The molecule has 6 atom stereocenters. The molecule has 168 valence electrons. The van der Waals surface area contributed by atoms with E-state index >= 15 is 0 Å². The van der Waals surface area contributed by atoms with Gasteiger partial charge in [0.25, 0.3) is 5.91 Å². The van der Waals surface area contributed by atoms with Crippen LogP contribution in [0.1, 0.15) is 22.3 Å². The maximum Gasteiger partial charge on any atom is 0.259 e. The largest absolute Gasteiger partial charge is 0.497 e. The summed E-state index contributed by atoms with van der Waals surface area (Å²) < 4.78 is 5.29.